The molecule has 0 saturated carbocycles. The summed E-state index contributed by atoms with van der Waals surface area (Å²) >= 11 is 12.6. The van der Waals surface area contributed by atoms with Gasteiger partial charge in [-0.25, -0.2) is 0 Å². The Bertz CT molecular complexity index is 922. The molecule has 2 aromatic rings. The number of nitrogens with zero attached hydrogens (tertiary/aromatic N) is 2. The second kappa shape index (κ2) is 6.99. The minimum Gasteiger partial charge on any atom is -0.369 e. The fourth-order valence-corrected chi connectivity index (χ4v) is 4.11. The van der Waals surface area contributed by atoms with Crippen molar-refractivity contribution >= 4 is 40.5 Å². The van der Waals surface area contributed by atoms with Crippen molar-refractivity contribution in [2.24, 2.45) is 0 Å². The molecule has 0 unspecified atom stereocenters. The van der Waals surface area contributed by atoms with E-state index >= 15 is 0 Å². The molecule has 0 saturated heterocycles. The minimum absolute atomic E-state index is 0.0890. The zero-order valence-corrected chi connectivity index (χ0v) is 17.0. The van der Waals surface area contributed by atoms with E-state index in [4.69, 9.17) is 23.2 Å². The molecule has 26 heavy (non-hydrogen) atoms. The lowest BCUT2D eigenvalue weighted by atomic mass is 9.80. The van der Waals surface area contributed by atoms with Crippen LogP contribution in [-0.2, 0) is 0 Å². The van der Waals surface area contributed by atoms with Crippen molar-refractivity contribution in [3.8, 4) is 6.07 Å². The Labute approximate surface area is 165 Å². The topological polar surface area (TPSA) is 27.0 Å². The van der Waals surface area contributed by atoms with Gasteiger partial charge in [-0.15, -0.1) is 0 Å². The van der Waals surface area contributed by atoms with Crippen LogP contribution in [0.4, 0.5) is 5.69 Å². The Balaban J connectivity index is 2.10. The number of hydrogen-bond donors (Lipinski definition) is 0. The molecule has 0 aliphatic carbocycles. The number of nitriles is 1. The largest absolute Gasteiger partial charge is 0.369 e. The maximum Gasteiger partial charge on any atom is 0.0998 e. The molecule has 4 heteroatoms. The van der Waals surface area contributed by atoms with Crippen LogP contribution in [0.5, 0.6) is 0 Å². The van der Waals surface area contributed by atoms with Gasteiger partial charge in [0.05, 0.1) is 11.6 Å². The van der Waals surface area contributed by atoms with E-state index in [0.29, 0.717) is 21.5 Å². The highest BCUT2D eigenvalue weighted by Crippen LogP contribution is 2.44. The molecule has 0 bridgehead atoms. The molecule has 2 nitrogen and oxygen atoms in total. The van der Waals surface area contributed by atoms with E-state index in [1.807, 2.05) is 24.3 Å². The van der Waals surface area contributed by atoms with E-state index < -0.39 is 0 Å². The van der Waals surface area contributed by atoms with Gasteiger partial charge in [0.1, 0.15) is 0 Å². The molecule has 0 N–H and O–H groups in total. The Morgan fingerprint density at radius 3 is 2.65 bits per heavy atom. The second-order valence-corrected chi connectivity index (χ2v) is 8.43. The average molecular weight is 385 g/mol. The summed E-state index contributed by atoms with van der Waals surface area (Å²) in [6.45, 7) is 6.75. The lowest BCUT2D eigenvalue weighted by Gasteiger charge is -2.45. The van der Waals surface area contributed by atoms with E-state index in [0.717, 1.165) is 23.2 Å². The van der Waals surface area contributed by atoms with Crippen LogP contribution in [0.1, 0.15) is 49.8 Å². The summed E-state index contributed by atoms with van der Waals surface area (Å²) in [7, 11) is 2.11. The number of benzene rings is 2. The predicted octanol–water partition coefficient (Wildman–Crippen LogP) is 6.78. The van der Waals surface area contributed by atoms with Gasteiger partial charge in [0, 0.05) is 28.3 Å². The molecule has 0 radical (unpaired) electrons. The van der Waals surface area contributed by atoms with Gasteiger partial charge in [0.15, 0.2) is 0 Å². The minimum atomic E-state index is 0.0890. The fourth-order valence-electron chi connectivity index (χ4n) is 3.71. The van der Waals surface area contributed by atoms with Gasteiger partial charge in [-0.2, -0.15) is 5.26 Å². The summed E-state index contributed by atoms with van der Waals surface area (Å²) in [6, 6.07) is 13.7. The van der Waals surface area contributed by atoms with Crippen molar-refractivity contribution in [3.05, 3.63) is 63.1 Å². The average Bonchev–Trinajstić information content (AvgIpc) is 2.58. The van der Waals surface area contributed by atoms with Gasteiger partial charge in [-0.1, -0.05) is 42.3 Å². The number of allylic oxidation sites excluding steroid dienone is 1. The normalized spacial score (nSPS) is 19.0. The molecule has 0 fully saturated rings. The smallest absolute Gasteiger partial charge is 0.0998 e. The van der Waals surface area contributed by atoms with Crippen LogP contribution in [-0.4, -0.2) is 12.6 Å². The van der Waals surface area contributed by atoms with Crippen molar-refractivity contribution in [2.75, 3.05) is 11.9 Å². The zero-order valence-electron chi connectivity index (χ0n) is 15.5. The SMILES string of the molecule is C[C@H]1CC(C)(C)N(C)c2cc(Cl)c(/C=C(/C#N)c3cccc(Cl)c3)cc21. The van der Waals surface area contributed by atoms with Gasteiger partial charge in [-0.05, 0) is 73.2 Å². The summed E-state index contributed by atoms with van der Waals surface area (Å²) in [5.41, 5.74) is 4.72. The summed E-state index contributed by atoms with van der Waals surface area (Å²) in [4.78, 5) is 2.30. The Morgan fingerprint density at radius 1 is 1.27 bits per heavy atom. The molecule has 1 atom stereocenters. The van der Waals surface area contributed by atoms with Crippen molar-refractivity contribution in [1.29, 1.82) is 5.26 Å². The molecule has 3 rings (SSSR count). The zero-order chi connectivity index (χ0) is 19.1. The second-order valence-electron chi connectivity index (χ2n) is 7.59. The highest BCUT2D eigenvalue weighted by Gasteiger charge is 2.34. The number of halogens is 2. The standard InChI is InChI=1S/C22H22Cl2N2/c1-14-12-22(2,3)26(4)21-11-20(24)16(10-19(14)21)8-17(13-25)15-6-5-7-18(23)9-15/h5-11,14H,12H2,1-4H3/b17-8-/t14-/m0/s1. The first-order valence-electron chi connectivity index (χ1n) is 8.68. The Morgan fingerprint density at radius 2 is 2.00 bits per heavy atom. The third kappa shape index (κ3) is 3.47. The molecule has 2 aromatic carbocycles. The Kier molecular flexibility index (Phi) is 5.06. The van der Waals surface area contributed by atoms with E-state index in [-0.39, 0.29) is 5.54 Å². The quantitative estimate of drug-likeness (QED) is 0.421. The fraction of sp³-hybridized carbons (Fsp3) is 0.318. The van der Waals surface area contributed by atoms with Crippen LogP contribution in [0.2, 0.25) is 10.0 Å². The van der Waals surface area contributed by atoms with E-state index in [2.05, 4.69) is 44.9 Å². The van der Waals surface area contributed by atoms with Crippen molar-refractivity contribution in [3.63, 3.8) is 0 Å². The van der Waals surface area contributed by atoms with E-state index in [9.17, 15) is 5.26 Å². The van der Waals surface area contributed by atoms with E-state index in [1.165, 1.54) is 5.56 Å². The lowest BCUT2D eigenvalue weighted by molar-refractivity contribution is 0.395. The van der Waals surface area contributed by atoms with Crippen LogP contribution >= 0.6 is 23.2 Å². The summed E-state index contributed by atoms with van der Waals surface area (Å²) in [5, 5.41) is 10.9. The highest BCUT2D eigenvalue weighted by atomic mass is 35.5. The van der Waals surface area contributed by atoms with Crippen molar-refractivity contribution in [1.82, 2.24) is 0 Å². The first-order chi connectivity index (χ1) is 12.2. The number of anilines is 1. The van der Waals surface area contributed by atoms with Crippen LogP contribution in [0.25, 0.3) is 11.6 Å². The number of rotatable bonds is 2. The molecule has 0 spiro atoms. The van der Waals surface area contributed by atoms with Gasteiger partial charge >= 0.3 is 0 Å². The maximum absolute atomic E-state index is 9.61. The lowest BCUT2D eigenvalue weighted by Crippen LogP contribution is -2.45. The molecule has 0 amide bonds. The van der Waals surface area contributed by atoms with Crippen LogP contribution < -0.4 is 4.90 Å². The summed E-state index contributed by atoms with van der Waals surface area (Å²) in [5.74, 6) is 0.428. The van der Waals surface area contributed by atoms with E-state index in [1.54, 1.807) is 12.1 Å². The first-order valence-corrected chi connectivity index (χ1v) is 9.43. The van der Waals surface area contributed by atoms with Crippen LogP contribution in [0.15, 0.2) is 36.4 Å². The van der Waals surface area contributed by atoms with Gasteiger partial charge < -0.3 is 4.90 Å². The molecular weight excluding hydrogens is 363 g/mol. The molecule has 1 aliphatic rings. The first kappa shape index (κ1) is 18.8. The number of fused-ring (bicyclic) bond motifs is 1. The summed E-state index contributed by atoms with van der Waals surface area (Å²) in [6.07, 6.45) is 2.92. The maximum atomic E-state index is 9.61. The monoisotopic (exact) mass is 384 g/mol. The molecule has 0 aromatic heterocycles. The third-order valence-electron chi connectivity index (χ3n) is 5.31. The molecule has 134 valence electrons. The van der Waals surface area contributed by atoms with Gasteiger partial charge in [0.2, 0.25) is 0 Å². The predicted molar refractivity (Wildman–Crippen MR) is 112 cm³/mol. The summed E-state index contributed by atoms with van der Waals surface area (Å²) < 4.78 is 0. The van der Waals surface area contributed by atoms with Crippen molar-refractivity contribution in [2.45, 2.75) is 38.6 Å². The molecule has 1 heterocycles. The highest BCUT2D eigenvalue weighted by molar-refractivity contribution is 6.32. The Hall–Kier alpha value is -1.95. The van der Waals surface area contributed by atoms with Crippen LogP contribution in [0.3, 0.4) is 0 Å². The molecule has 1 aliphatic heterocycles. The van der Waals surface area contributed by atoms with Crippen molar-refractivity contribution < 1.29 is 0 Å². The van der Waals surface area contributed by atoms with Gasteiger partial charge in [0.25, 0.3) is 0 Å². The van der Waals surface area contributed by atoms with Gasteiger partial charge in [-0.3, -0.25) is 0 Å². The molecular formula is C22H22Cl2N2. The third-order valence-corrected chi connectivity index (χ3v) is 5.87. The van der Waals surface area contributed by atoms with Crippen LogP contribution in [0, 0.1) is 11.3 Å². The number of hydrogen-bond acceptors (Lipinski definition) is 2.